The van der Waals surface area contributed by atoms with Crippen molar-refractivity contribution in [1.82, 2.24) is 10.2 Å². The van der Waals surface area contributed by atoms with E-state index < -0.39 is 0 Å². The minimum Gasteiger partial charge on any atom is -0.406 e. The maximum atomic E-state index is 13.0. The van der Waals surface area contributed by atoms with Crippen molar-refractivity contribution in [3.05, 3.63) is 34.4 Å². The minimum atomic E-state index is -0.359. The topological polar surface area (TPSA) is 77.0 Å². The monoisotopic (exact) mass is 300 g/mol. The fourth-order valence-corrected chi connectivity index (χ4v) is 1.52. The number of nitrogens with two attached hydrogens (primary N) is 1. The summed E-state index contributed by atoms with van der Waals surface area (Å²) in [6.45, 7) is 1.73. The summed E-state index contributed by atoms with van der Waals surface area (Å²) >= 11 is 3.28. The Hall–Kier alpha value is -1.47. The van der Waals surface area contributed by atoms with E-state index >= 15 is 0 Å². The zero-order valence-electron chi connectivity index (χ0n) is 8.95. The molecule has 1 heterocycles. The number of benzene rings is 1. The minimum absolute atomic E-state index is 0.170. The van der Waals surface area contributed by atoms with Crippen molar-refractivity contribution >= 4 is 27.6 Å². The Labute approximate surface area is 105 Å². The van der Waals surface area contributed by atoms with Crippen LogP contribution in [0.25, 0.3) is 0 Å². The molecule has 1 unspecified atom stereocenters. The van der Waals surface area contributed by atoms with Gasteiger partial charge in [0.15, 0.2) is 0 Å². The van der Waals surface area contributed by atoms with E-state index in [1.165, 1.54) is 12.1 Å². The largest absolute Gasteiger partial charge is 0.406 e. The lowest BCUT2D eigenvalue weighted by Crippen LogP contribution is -2.04. The second-order valence-corrected chi connectivity index (χ2v) is 4.34. The summed E-state index contributed by atoms with van der Waals surface area (Å²) < 4.78 is 19.0. The van der Waals surface area contributed by atoms with Gasteiger partial charge in [0.25, 0.3) is 0 Å². The summed E-state index contributed by atoms with van der Waals surface area (Å²) in [5, 5.41) is 10.3. The van der Waals surface area contributed by atoms with Gasteiger partial charge < -0.3 is 15.5 Å². The van der Waals surface area contributed by atoms with Crippen molar-refractivity contribution in [2.24, 2.45) is 5.73 Å². The summed E-state index contributed by atoms with van der Waals surface area (Å²) in [5.41, 5.74) is 6.09. The Morgan fingerprint density at radius 1 is 1.47 bits per heavy atom. The van der Waals surface area contributed by atoms with Crippen LogP contribution in [0.4, 0.5) is 16.1 Å². The van der Waals surface area contributed by atoms with Gasteiger partial charge in [-0.3, -0.25) is 0 Å². The van der Waals surface area contributed by atoms with Gasteiger partial charge in [-0.1, -0.05) is 5.10 Å². The third-order valence-corrected chi connectivity index (χ3v) is 2.69. The van der Waals surface area contributed by atoms with E-state index in [4.69, 9.17) is 10.2 Å². The number of nitrogens with one attached hydrogen (secondary N) is 1. The maximum absolute atomic E-state index is 13.0. The van der Waals surface area contributed by atoms with E-state index in [1.807, 2.05) is 0 Å². The molecule has 0 aliphatic carbocycles. The molecular weight excluding hydrogens is 291 g/mol. The van der Waals surface area contributed by atoms with Crippen LogP contribution in [0.1, 0.15) is 18.9 Å². The zero-order valence-corrected chi connectivity index (χ0v) is 10.5. The number of hydrogen-bond acceptors (Lipinski definition) is 5. The van der Waals surface area contributed by atoms with E-state index in [-0.39, 0.29) is 17.9 Å². The molecule has 2 aromatic rings. The quantitative estimate of drug-likeness (QED) is 0.911. The van der Waals surface area contributed by atoms with Gasteiger partial charge in [-0.25, -0.2) is 4.39 Å². The van der Waals surface area contributed by atoms with Gasteiger partial charge in [0.1, 0.15) is 5.82 Å². The van der Waals surface area contributed by atoms with Crippen molar-refractivity contribution in [2.75, 3.05) is 5.32 Å². The van der Waals surface area contributed by atoms with Crippen LogP contribution in [-0.4, -0.2) is 10.2 Å². The maximum Gasteiger partial charge on any atom is 0.320 e. The van der Waals surface area contributed by atoms with Crippen LogP contribution in [0.15, 0.2) is 27.1 Å². The van der Waals surface area contributed by atoms with Crippen LogP contribution in [0.5, 0.6) is 0 Å². The summed E-state index contributed by atoms with van der Waals surface area (Å²) in [4.78, 5) is 0. The van der Waals surface area contributed by atoms with Crippen molar-refractivity contribution < 1.29 is 8.81 Å². The predicted molar refractivity (Wildman–Crippen MR) is 64.3 cm³/mol. The van der Waals surface area contributed by atoms with E-state index in [0.29, 0.717) is 16.1 Å². The molecular formula is C10H10BrFN4O. The normalized spacial score (nSPS) is 12.5. The Morgan fingerprint density at radius 3 is 2.88 bits per heavy atom. The molecule has 7 heteroatoms. The van der Waals surface area contributed by atoms with Crippen LogP contribution in [0.2, 0.25) is 0 Å². The summed E-state index contributed by atoms with van der Waals surface area (Å²) in [7, 11) is 0. The molecule has 17 heavy (non-hydrogen) atoms. The number of nitrogens with zero attached hydrogens (tertiary/aromatic N) is 2. The molecule has 0 spiro atoms. The van der Waals surface area contributed by atoms with E-state index in [9.17, 15) is 4.39 Å². The third kappa shape index (κ3) is 2.80. The molecule has 0 saturated carbocycles. The standard InChI is InChI=1S/C10H10BrFN4O/c1-5(13)9-15-16-10(17-9)14-8-4-6(12)2-3-7(8)11/h2-5H,13H2,1H3,(H,14,16). The Morgan fingerprint density at radius 2 is 2.24 bits per heavy atom. The molecule has 0 aliphatic heterocycles. The Kier molecular flexibility index (Phi) is 3.39. The van der Waals surface area contributed by atoms with Crippen LogP contribution in [-0.2, 0) is 0 Å². The van der Waals surface area contributed by atoms with Crippen LogP contribution >= 0.6 is 15.9 Å². The molecule has 0 amide bonds. The highest BCUT2D eigenvalue weighted by atomic mass is 79.9. The van der Waals surface area contributed by atoms with Crippen LogP contribution < -0.4 is 11.1 Å². The first-order valence-corrected chi connectivity index (χ1v) is 5.66. The van der Waals surface area contributed by atoms with Crippen LogP contribution in [0.3, 0.4) is 0 Å². The smallest absolute Gasteiger partial charge is 0.320 e. The molecule has 1 aromatic carbocycles. The molecule has 0 fully saturated rings. The highest BCUT2D eigenvalue weighted by Crippen LogP contribution is 2.26. The van der Waals surface area contributed by atoms with Crippen molar-refractivity contribution in [3.8, 4) is 0 Å². The van der Waals surface area contributed by atoms with Crippen molar-refractivity contribution in [3.63, 3.8) is 0 Å². The first kappa shape index (κ1) is 12.0. The highest BCUT2D eigenvalue weighted by Gasteiger charge is 2.11. The lowest BCUT2D eigenvalue weighted by molar-refractivity contribution is 0.475. The highest BCUT2D eigenvalue weighted by molar-refractivity contribution is 9.10. The van der Waals surface area contributed by atoms with E-state index in [2.05, 4.69) is 31.4 Å². The fraction of sp³-hybridized carbons (Fsp3) is 0.200. The number of aromatic nitrogens is 2. The predicted octanol–water partition coefficient (Wildman–Crippen LogP) is 2.73. The molecule has 1 aromatic heterocycles. The molecule has 90 valence electrons. The molecule has 3 N–H and O–H groups in total. The number of hydrogen-bond donors (Lipinski definition) is 2. The van der Waals surface area contributed by atoms with Gasteiger partial charge in [0.05, 0.1) is 11.7 Å². The first-order valence-electron chi connectivity index (χ1n) is 4.87. The zero-order chi connectivity index (χ0) is 12.4. The second kappa shape index (κ2) is 4.80. The fourth-order valence-electron chi connectivity index (χ4n) is 1.18. The van der Waals surface area contributed by atoms with Gasteiger partial charge in [0, 0.05) is 4.47 Å². The molecule has 2 rings (SSSR count). The lowest BCUT2D eigenvalue weighted by atomic mass is 10.3. The summed E-state index contributed by atoms with van der Waals surface area (Å²) in [6.07, 6.45) is 0. The van der Waals surface area contributed by atoms with Crippen molar-refractivity contribution in [1.29, 1.82) is 0 Å². The Bertz CT molecular complexity index is 529. The molecule has 0 radical (unpaired) electrons. The van der Waals surface area contributed by atoms with Gasteiger partial charge >= 0.3 is 6.01 Å². The average molecular weight is 301 g/mol. The summed E-state index contributed by atoms with van der Waals surface area (Å²) in [5.74, 6) is -0.0392. The SMILES string of the molecule is CC(N)c1nnc(Nc2cc(F)ccc2Br)o1. The molecule has 0 aliphatic rings. The van der Waals surface area contributed by atoms with Crippen LogP contribution in [0, 0.1) is 5.82 Å². The number of rotatable bonds is 3. The first-order chi connectivity index (χ1) is 8.06. The molecule has 0 saturated heterocycles. The third-order valence-electron chi connectivity index (χ3n) is 2.00. The second-order valence-electron chi connectivity index (χ2n) is 3.48. The number of anilines is 2. The van der Waals surface area contributed by atoms with Gasteiger partial charge in [-0.05, 0) is 41.1 Å². The van der Waals surface area contributed by atoms with Crippen molar-refractivity contribution in [2.45, 2.75) is 13.0 Å². The molecule has 5 nitrogen and oxygen atoms in total. The van der Waals surface area contributed by atoms with E-state index in [0.717, 1.165) is 0 Å². The molecule has 0 bridgehead atoms. The lowest BCUT2D eigenvalue weighted by Gasteiger charge is -2.04. The van der Waals surface area contributed by atoms with E-state index in [1.54, 1.807) is 13.0 Å². The summed E-state index contributed by atoms with van der Waals surface area (Å²) in [6, 6.07) is 4.08. The average Bonchev–Trinajstić information content (AvgIpc) is 2.72. The van der Waals surface area contributed by atoms with Gasteiger partial charge in [0.2, 0.25) is 5.89 Å². The Balaban J connectivity index is 2.22. The molecule has 1 atom stereocenters. The number of halogens is 2. The van der Waals surface area contributed by atoms with Gasteiger partial charge in [-0.15, -0.1) is 5.10 Å². The van der Waals surface area contributed by atoms with Gasteiger partial charge in [-0.2, -0.15) is 0 Å².